The molecular weight excluding hydrogens is 379 g/mol. The fraction of sp³-hybridized carbons (Fsp3) is 0.263. The third-order valence-corrected chi connectivity index (χ3v) is 3.57. The first-order chi connectivity index (χ1) is 13.3. The van der Waals surface area contributed by atoms with Gasteiger partial charge in [0, 0.05) is 6.54 Å². The molecule has 0 fully saturated rings. The number of halogens is 3. The number of amides is 1. The van der Waals surface area contributed by atoms with Crippen LogP contribution in [0.5, 0.6) is 11.5 Å². The number of nitrogens with one attached hydrogen (secondary N) is 1. The van der Waals surface area contributed by atoms with Crippen molar-refractivity contribution < 1.29 is 37.0 Å². The lowest BCUT2D eigenvalue weighted by Crippen LogP contribution is -2.30. The lowest BCUT2D eigenvalue weighted by Gasteiger charge is -2.10. The van der Waals surface area contributed by atoms with E-state index >= 15 is 0 Å². The Morgan fingerprint density at radius 3 is 2.36 bits per heavy atom. The molecule has 2 aromatic carbocycles. The van der Waals surface area contributed by atoms with Crippen molar-refractivity contribution in [2.75, 3.05) is 20.3 Å². The Labute approximate surface area is 159 Å². The van der Waals surface area contributed by atoms with Crippen molar-refractivity contribution in [3.05, 3.63) is 59.7 Å². The Balaban J connectivity index is 1.75. The number of ether oxygens (including phenoxy) is 3. The molecule has 9 heteroatoms. The van der Waals surface area contributed by atoms with Gasteiger partial charge in [0.2, 0.25) is 0 Å². The van der Waals surface area contributed by atoms with Gasteiger partial charge in [-0.1, -0.05) is 18.2 Å². The maximum Gasteiger partial charge on any atom is 0.573 e. The van der Waals surface area contributed by atoms with Crippen LogP contribution in [0.3, 0.4) is 0 Å². The van der Waals surface area contributed by atoms with Crippen LogP contribution in [0.4, 0.5) is 13.2 Å². The summed E-state index contributed by atoms with van der Waals surface area (Å²) in [6, 6.07) is 11.6. The monoisotopic (exact) mass is 397 g/mol. The van der Waals surface area contributed by atoms with E-state index in [0.717, 1.165) is 29.8 Å². The average molecular weight is 397 g/mol. The minimum Gasteiger partial charge on any atom is -0.496 e. The van der Waals surface area contributed by atoms with Crippen molar-refractivity contribution in [3.63, 3.8) is 0 Å². The van der Waals surface area contributed by atoms with Crippen LogP contribution in [-0.2, 0) is 16.0 Å². The quantitative estimate of drug-likeness (QED) is 0.693. The molecule has 6 nitrogen and oxygen atoms in total. The molecule has 0 spiro atoms. The summed E-state index contributed by atoms with van der Waals surface area (Å²) < 4.78 is 50.1. The minimum absolute atomic E-state index is 0.00338. The highest BCUT2D eigenvalue weighted by Crippen LogP contribution is 2.23. The molecule has 0 aliphatic carbocycles. The van der Waals surface area contributed by atoms with Crippen LogP contribution >= 0.6 is 0 Å². The number of rotatable bonds is 8. The number of carbonyl (C=O) groups excluding carboxylic acids is 2. The van der Waals surface area contributed by atoms with Crippen LogP contribution < -0.4 is 14.8 Å². The molecule has 0 unspecified atom stereocenters. The minimum atomic E-state index is -4.82. The smallest absolute Gasteiger partial charge is 0.496 e. The number of esters is 1. The SMILES string of the molecule is COc1ccccc1CCNC(=O)COC(=O)c1ccc(OC(F)(F)F)cc1. The highest BCUT2D eigenvalue weighted by molar-refractivity contribution is 5.91. The van der Waals surface area contributed by atoms with Gasteiger partial charge in [-0.15, -0.1) is 13.2 Å². The maximum atomic E-state index is 12.1. The Kier molecular flexibility index (Phi) is 7.25. The number of alkyl halides is 3. The third-order valence-electron chi connectivity index (χ3n) is 3.57. The predicted octanol–water partition coefficient (Wildman–Crippen LogP) is 3.11. The van der Waals surface area contributed by atoms with Gasteiger partial charge in [-0.3, -0.25) is 4.79 Å². The molecule has 0 saturated heterocycles. The molecule has 0 saturated carbocycles. The van der Waals surface area contributed by atoms with Crippen molar-refractivity contribution >= 4 is 11.9 Å². The van der Waals surface area contributed by atoms with Gasteiger partial charge in [-0.2, -0.15) is 0 Å². The number of hydrogen-bond donors (Lipinski definition) is 1. The van der Waals surface area contributed by atoms with Crippen LogP contribution in [0.25, 0.3) is 0 Å². The van der Waals surface area contributed by atoms with Gasteiger partial charge in [0.15, 0.2) is 6.61 Å². The van der Waals surface area contributed by atoms with E-state index < -0.39 is 30.6 Å². The summed E-state index contributed by atoms with van der Waals surface area (Å²) in [6.45, 7) is -0.189. The second-order valence-corrected chi connectivity index (χ2v) is 5.56. The van der Waals surface area contributed by atoms with E-state index in [1.165, 1.54) is 0 Å². The second-order valence-electron chi connectivity index (χ2n) is 5.56. The summed E-state index contributed by atoms with van der Waals surface area (Å²) in [5, 5.41) is 2.61. The normalized spacial score (nSPS) is 10.9. The standard InChI is InChI=1S/C19H18F3NO5/c1-26-16-5-3-2-4-13(16)10-11-23-17(24)12-27-18(25)14-6-8-15(9-7-14)28-19(20,21)22/h2-9H,10-12H2,1H3,(H,23,24). The zero-order valence-electron chi connectivity index (χ0n) is 14.9. The molecule has 1 amide bonds. The molecule has 2 aromatic rings. The van der Waals surface area contributed by atoms with Gasteiger partial charge >= 0.3 is 12.3 Å². The largest absolute Gasteiger partial charge is 0.573 e. The molecule has 0 radical (unpaired) electrons. The molecule has 28 heavy (non-hydrogen) atoms. The predicted molar refractivity (Wildman–Crippen MR) is 93.1 cm³/mol. The van der Waals surface area contributed by atoms with Crippen LogP contribution in [0.15, 0.2) is 48.5 Å². The van der Waals surface area contributed by atoms with E-state index in [4.69, 9.17) is 9.47 Å². The Hall–Kier alpha value is -3.23. The third kappa shape index (κ3) is 6.82. The number of benzene rings is 2. The zero-order chi connectivity index (χ0) is 20.6. The zero-order valence-corrected chi connectivity index (χ0v) is 14.9. The highest BCUT2D eigenvalue weighted by atomic mass is 19.4. The number of para-hydroxylation sites is 1. The van der Waals surface area contributed by atoms with E-state index in [0.29, 0.717) is 18.7 Å². The van der Waals surface area contributed by atoms with Gasteiger partial charge in [0.25, 0.3) is 5.91 Å². The summed E-state index contributed by atoms with van der Waals surface area (Å²) in [5.41, 5.74) is 0.916. The van der Waals surface area contributed by atoms with Crippen molar-refractivity contribution in [1.29, 1.82) is 0 Å². The van der Waals surface area contributed by atoms with Crippen molar-refractivity contribution in [2.24, 2.45) is 0 Å². The highest BCUT2D eigenvalue weighted by Gasteiger charge is 2.31. The number of hydrogen-bond acceptors (Lipinski definition) is 5. The fourth-order valence-corrected chi connectivity index (χ4v) is 2.30. The first kappa shape index (κ1) is 21.1. The van der Waals surface area contributed by atoms with Crippen LogP contribution in [-0.4, -0.2) is 38.5 Å². The first-order valence-corrected chi connectivity index (χ1v) is 8.20. The molecule has 0 atom stereocenters. The average Bonchev–Trinajstić information content (AvgIpc) is 2.66. The van der Waals surface area contributed by atoms with Gasteiger partial charge in [0.05, 0.1) is 12.7 Å². The Morgan fingerprint density at radius 1 is 1.04 bits per heavy atom. The van der Waals surface area contributed by atoms with Gasteiger partial charge in [0.1, 0.15) is 11.5 Å². The van der Waals surface area contributed by atoms with Crippen LogP contribution in [0, 0.1) is 0 Å². The molecule has 150 valence electrons. The molecule has 1 N–H and O–H groups in total. The Bertz CT molecular complexity index is 806. The first-order valence-electron chi connectivity index (χ1n) is 8.20. The van der Waals surface area contributed by atoms with Crippen molar-refractivity contribution in [3.8, 4) is 11.5 Å². The van der Waals surface area contributed by atoms with Gasteiger partial charge in [-0.05, 0) is 42.3 Å². The summed E-state index contributed by atoms with van der Waals surface area (Å²) in [4.78, 5) is 23.6. The summed E-state index contributed by atoms with van der Waals surface area (Å²) in [7, 11) is 1.55. The van der Waals surface area contributed by atoms with E-state index in [2.05, 4.69) is 10.1 Å². The lowest BCUT2D eigenvalue weighted by molar-refractivity contribution is -0.274. The van der Waals surface area contributed by atoms with Crippen LogP contribution in [0.2, 0.25) is 0 Å². The van der Waals surface area contributed by atoms with Gasteiger partial charge < -0.3 is 19.5 Å². The molecule has 0 bridgehead atoms. The van der Waals surface area contributed by atoms with Gasteiger partial charge in [-0.25, -0.2) is 4.79 Å². The van der Waals surface area contributed by atoms with E-state index in [9.17, 15) is 22.8 Å². The molecule has 0 aliphatic heterocycles. The topological polar surface area (TPSA) is 73.9 Å². The van der Waals surface area contributed by atoms with E-state index in [1.54, 1.807) is 7.11 Å². The molecule has 0 aliphatic rings. The molecule has 2 rings (SSSR count). The molecule has 0 heterocycles. The van der Waals surface area contributed by atoms with E-state index in [-0.39, 0.29) is 5.56 Å². The van der Waals surface area contributed by atoms with Crippen molar-refractivity contribution in [1.82, 2.24) is 5.32 Å². The number of carbonyl (C=O) groups is 2. The lowest BCUT2D eigenvalue weighted by atomic mass is 10.1. The van der Waals surface area contributed by atoms with Crippen molar-refractivity contribution in [2.45, 2.75) is 12.8 Å². The maximum absolute atomic E-state index is 12.1. The summed E-state index contributed by atoms with van der Waals surface area (Å²) in [5.74, 6) is -1.09. The second kappa shape index (κ2) is 9.63. The summed E-state index contributed by atoms with van der Waals surface area (Å²) in [6.07, 6.45) is -4.28. The Morgan fingerprint density at radius 2 is 1.71 bits per heavy atom. The van der Waals surface area contributed by atoms with E-state index in [1.807, 2.05) is 24.3 Å². The van der Waals surface area contributed by atoms with Crippen LogP contribution in [0.1, 0.15) is 15.9 Å². The number of methoxy groups -OCH3 is 1. The fourth-order valence-electron chi connectivity index (χ4n) is 2.30. The molecular formula is C19H18F3NO5. The molecule has 0 aromatic heterocycles. The summed E-state index contributed by atoms with van der Waals surface area (Å²) >= 11 is 0.